The molecular weight excluding hydrogens is 444 g/mol. The van der Waals surface area contributed by atoms with Crippen molar-refractivity contribution in [1.29, 1.82) is 0 Å². The SMILES string of the molecule is CC(C)N1CC(n2cc(NC(=O)c3coc(-c4ccnc(NCC5CC5)c4)n3)c(C(F)F)n2)C1. The molecule has 34 heavy (non-hydrogen) atoms. The first-order chi connectivity index (χ1) is 16.4. The summed E-state index contributed by atoms with van der Waals surface area (Å²) >= 11 is 0. The maximum atomic E-state index is 13.6. The normalized spacial score (nSPS) is 16.8. The van der Waals surface area contributed by atoms with Crippen LogP contribution >= 0.6 is 0 Å². The minimum atomic E-state index is -2.82. The van der Waals surface area contributed by atoms with Crippen molar-refractivity contribution in [3.8, 4) is 11.5 Å². The van der Waals surface area contributed by atoms with Gasteiger partial charge >= 0.3 is 0 Å². The number of carbonyl (C=O) groups is 1. The van der Waals surface area contributed by atoms with Crippen LogP contribution in [0.2, 0.25) is 0 Å². The predicted octanol–water partition coefficient (Wildman–Crippen LogP) is 4.21. The van der Waals surface area contributed by atoms with Crippen molar-refractivity contribution in [2.24, 2.45) is 5.92 Å². The Kier molecular flexibility index (Phi) is 6.03. The Morgan fingerprint density at radius 3 is 2.79 bits per heavy atom. The fraction of sp³-hybridized carbons (Fsp3) is 0.478. The van der Waals surface area contributed by atoms with Crippen LogP contribution in [-0.2, 0) is 0 Å². The Morgan fingerprint density at radius 1 is 1.29 bits per heavy atom. The number of alkyl halides is 2. The summed E-state index contributed by atoms with van der Waals surface area (Å²) in [7, 11) is 0. The average molecular weight is 472 g/mol. The standard InChI is InChI=1S/C23H27F2N7O2/c1-13(2)31-9-16(10-31)32-11-17(20(30-32)21(24)25)28-22(33)18-12-34-23(29-18)15-5-6-26-19(7-15)27-8-14-3-4-14/h5-7,11-14,16,21H,3-4,8-10H2,1-2H3,(H,26,27)(H,28,33). The molecule has 0 unspecified atom stereocenters. The van der Waals surface area contributed by atoms with E-state index in [1.54, 1.807) is 18.3 Å². The third-order valence-electron chi connectivity index (χ3n) is 6.22. The van der Waals surface area contributed by atoms with Gasteiger partial charge in [0.15, 0.2) is 11.4 Å². The fourth-order valence-corrected chi connectivity index (χ4v) is 3.86. The van der Waals surface area contributed by atoms with Gasteiger partial charge in [0.25, 0.3) is 12.3 Å². The summed E-state index contributed by atoms with van der Waals surface area (Å²) in [6, 6.07) is 3.91. The maximum absolute atomic E-state index is 13.6. The van der Waals surface area contributed by atoms with Gasteiger partial charge in [-0.3, -0.25) is 14.4 Å². The average Bonchev–Trinajstić information content (AvgIpc) is 3.29. The van der Waals surface area contributed by atoms with Gasteiger partial charge in [0.1, 0.15) is 12.1 Å². The van der Waals surface area contributed by atoms with Gasteiger partial charge in [-0.2, -0.15) is 5.10 Å². The molecule has 4 heterocycles. The van der Waals surface area contributed by atoms with Crippen LogP contribution in [0, 0.1) is 5.92 Å². The van der Waals surface area contributed by atoms with Crippen LogP contribution in [0.15, 0.2) is 35.2 Å². The molecule has 1 aliphatic heterocycles. The van der Waals surface area contributed by atoms with Gasteiger partial charge in [0, 0.05) is 43.6 Å². The topological polar surface area (TPSA) is 101 Å². The second-order valence-electron chi connectivity index (χ2n) is 9.16. The summed E-state index contributed by atoms with van der Waals surface area (Å²) < 4.78 is 34.2. The lowest BCUT2D eigenvalue weighted by molar-refractivity contribution is 0.0657. The zero-order valence-electron chi connectivity index (χ0n) is 19.0. The van der Waals surface area contributed by atoms with Crippen molar-refractivity contribution < 1.29 is 18.0 Å². The van der Waals surface area contributed by atoms with Crippen LogP contribution in [0.3, 0.4) is 0 Å². The van der Waals surface area contributed by atoms with Gasteiger partial charge in [-0.25, -0.2) is 18.7 Å². The van der Waals surface area contributed by atoms with Crippen molar-refractivity contribution in [1.82, 2.24) is 24.6 Å². The first-order valence-electron chi connectivity index (χ1n) is 11.5. The van der Waals surface area contributed by atoms with Gasteiger partial charge in [-0.1, -0.05) is 0 Å². The lowest BCUT2D eigenvalue weighted by Gasteiger charge is -2.41. The van der Waals surface area contributed by atoms with Crippen LogP contribution in [0.4, 0.5) is 20.3 Å². The molecule has 1 saturated heterocycles. The molecule has 0 spiro atoms. The molecule has 1 saturated carbocycles. The van der Waals surface area contributed by atoms with Crippen molar-refractivity contribution >= 4 is 17.4 Å². The Balaban J connectivity index is 1.27. The van der Waals surface area contributed by atoms with Crippen LogP contribution in [0.1, 0.15) is 55.3 Å². The zero-order chi connectivity index (χ0) is 23.8. The minimum Gasteiger partial charge on any atom is -0.444 e. The van der Waals surface area contributed by atoms with E-state index < -0.39 is 18.0 Å². The molecule has 1 amide bonds. The highest BCUT2D eigenvalue weighted by Crippen LogP contribution is 2.31. The first-order valence-corrected chi connectivity index (χ1v) is 11.5. The number of hydrogen-bond acceptors (Lipinski definition) is 7. The number of hydrogen-bond donors (Lipinski definition) is 2. The molecule has 5 rings (SSSR count). The largest absolute Gasteiger partial charge is 0.444 e. The molecule has 180 valence electrons. The maximum Gasteiger partial charge on any atom is 0.284 e. The summed E-state index contributed by atoms with van der Waals surface area (Å²) in [6.45, 7) is 6.49. The molecule has 1 aliphatic carbocycles. The van der Waals surface area contributed by atoms with Crippen molar-refractivity contribution in [3.63, 3.8) is 0 Å². The van der Waals surface area contributed by atoms with Gasteiger partial charge in [0.05, 0.1) is 11.7 Å². The van der Waals surface area contributed by atoms with E-state index in [-0.39, 0.29) is 23.3 Å². The predicted molar refractivity (Wildman–Crippen MR) is 122 cm³/mol. The Morgan fingerprint density at radius 2 is 2.09 bits per heavy atom. The third-order valence-corrected chi connectivity index (χ3v) is 6.22. The lowest BCUT2D eigenvalue weighted by atomic mass is 10.1. The van der Waals surface area contributed by atoms with Gasteiger partial charge < -0.3 is 15.1 Å². The van der Waals surface area contributed by atoms with Crippen LogP contribution in [-0.4, -0.2) is 56.2 Å². The Hall–Kier alpha value is -3.34. The van der Waals surface area contributed by atoms with Crippen LogP contribution < -0.4 is 10.6 Å². The third kappa shape index (κ3) is 4.79. The number of pyridine rings is 1. The molecule has 0 aromatic carbocycles. The van der Waals surface area contributed by atoms with E-state index in [1.807, 2.05) is 0 Å². The molecule has 2 fully saturated rings. The number of nitrogens with zero attached hydrogens (tertiary/aromatic N) is 5. The highest BCUT2D eigenvalue weighted by molar-refractivity contribution is 6.03. The first kappa shape index (κ1) is 22.5. The molecule has 0 atom stereocenters. The molecule has 3 aromatic heterocycles. The molecule has 3 aromatic rings. The number of aromatic nitrogens is 4. The van der Waals surface area contributed by atoms with E-state index in [0.717, 1.165) is 19.6 Å². The number of likely N-dealkylation sites (tertiary alicyclic amines) is 1. The monoisotopic (exact) mass is 471 g/mol. The quantitative estimate of drug-likeness (QED) is 0.482. The summed E-state index contributed by atoms with van der Waals surface area (Å²) in [6.07, 6.45) is 3.95. The van der Waals surface area contributed by atoms with Crippen LogP contribution in [0.25, 0.3) is 11.5 Å². The summed E-state index contributed by atoms with van der Waals surface area (Å²) in [5.41, 5.74) is 0.165. The summed E-state index contributed by atoms with van der Waals surface area (Å²) in [5.74, 6) is 1.00. The van der Waals surface area contributed by atoms with Gasteiger partial charge in [-0.05, 0) is 44.7 Å². The molecule has 11 heteroatoms. The molecule has 2 N–H and O–H groups in total. The van der Waals surface area contributed by atoms with E-state index in [1.165, 1.54) is 30.0 Å². The number of oxazole rings is 1. The number of nitrogens with one attached hydrogen (secondary N) is 2. The zero-order valence-corrected chi connectivity index (χ0v) is 19.0. The van der Waals surface area contributed by atoms with Gasteiger partial charge in [-0.15, -0.1) is 0 Å². The number of rotatable bonds is 9. The van der Waals surface area contributed by atoms with Crippen molar-refractivity contribution in [3.05, 3.63) is 42.2 Å². The van der Waals surface area contributed by atoms with Crippen molar-refractivity contribution in [2.75, 3.05) is 30.3 Å². The summed E-state index contributed by atoms with van der Waals surface area (Å²) in [4.78, 5) is 23.5. The second kappa shape index (κ2) is 9.13. The second-order valence-corrected chi connectivity index (χ2v) is 9.16. The summed E-state index contributed by atoms with van der Waals surface area (Å²) in [5, 5.41) is 9.84. The van der Waals surface area contributed by atoms with E-state index >= 15 is 0 Å². The Bertz CT molecular complexity index is 1170. The molecule has 2 aliphatic rings. The lowest BCUT2D eigenvalue weighted by Crippen LogP contribution is -2.51. The molecule has 0 bridgehead atoms. The number of halogens is 2. The molecule has 0 radical (unpaired) electrons. The number of amides is 1. The molecular formula is C23H27F2N7O2. The van der Waals surface area contributed by atoms with Crippen LogP contribution in [0.5, 0.6) is 0 Å². The highest BCUT2D eigenvalue weighted by Gasteiger charge is 2.32. The van der Waals surface area contributed by atoms with Crippen molar-refractivity contribution in [2.45, 2.75) is 45.2 Å². The Labute approximate surface area is 195 Å². The smallest absolute Gasteiger partial charge is 0.284 e. The van der Waals surface area contributed by atoms with E-state index in [9.17, 15) is 13.6 Å². The number of carbonyl (C=O) groups excluding carboxylic acids is 1. The minimum absolute atomic E-state index is 0.00128. The van der Waals surface area contributed by atoms with E-state index in [0.29, 0.717) is 23.3 Å². The number of anilines is 2. The van der Waals surface area contributed by atoms with E-state index in [4.69, 9.17) is 4.42 Å². The van der Waals surface area contributed by atoms with Gasteiger partial charge in [0.2, 0.25) is 5.89 Å². The molecule has 9 nitrogen and oxygen atoms in total. The highest BCUT2D eigenvalue weighted by atomic mass is 19.3. The van der Waals surface area contributed by atoms with E-state index in [2.05, 4.69) is 44.4 Å². The fourth-order valence-electron chi connectivity index (χ4n) is 3.86.